The number of hydrogen-bond donors (Lipinski definition) is 2. The van der Waals surface area contributed by atoms with Gasteiger partial charge >= 0.3 is 19.8 Å². The Labute approximate surface area is 375 Å². The molecule has 2 atom stereocenters. The average Bonchev–Trinajstić information content (AvgIpc) is 3.25. The molecule has 0 amide bonds. The summed E-state index contributed by atoms with van der Waals surface area (Å²) in [7, 11) is -4.40. The highest BCUT2D eigenvalue weighted by Gasteiger charge is 2.26. The summed E-state index contributed by atoms with van der Waals surface area (Å²) in [5, 5.41) is 0. The van der Waals surface area contributed by atoms with Gasteiger partial charge in [0, 0.05) is 19.4 Å². The number of phosphoric ester groups is 1. The lowest BCUT2D eigenvalue weighted by Gasteiger charge is -2.19. The van der Waals surface area contributed by atoms with Crippen LogP contribution in [-0.2, 0) is 32.7 Å². The van der Waals surface area contributed by atoms with Gasteiger partial charge in [0.2, 0.25) is 0 Å². The second-order valence-electron chi connectivity index (χ2n) is 16.7. The number of esters is 2. The van der Waals surface area contributed by atoms with Crippen LogP contribution < -0.4 is 5.73 Å². The van der Waals surface area contributed by atoms with Crippen LogP contribution in [0.5, 0.6) is 0 Å². The van der Waals surface area contributed by atoms with Crippen LogP contribution in [0, 0.1) is 0 Å². The Morgan fingerprint density at radius 2 is 0.869 bits per heavy atom. The summed E-state index contributed by atoms with van der Waals surface area (Å²) in [6.07, 6.45) is 55.9. The van der Waals surface area contributed by atoms with Crippen molar-refractivity contribution in [3.8, 4) is 0 Å². The molecule has 0 aromatic carbocycles. The van der Waals surface area contributed by atoms with Crippen molar-refractivity contribution >= 4 is 19.8 Å². The number of carbonyl (C=O) groups is 2. The summed E-state index contributed by atoms with van der Waals surface area (Å²) >= 11 is 0. The monoisotopic (exact) mass is 880 g/mol. The minimum absolute atomic E-state index is 0.0446. The lowest BCUT2D eigenvalue weighted by atomic mass is 10.0. The van der Waals surface area contributed by atoms with E-state index in [1.165, 1.54) is 154 Å². The maximum absolute atomic E-state index is 12.6. The van der Waals surface area contributed by atoms with E-state index in [0.717, 1.165) is 38.5 Å². The molecule has 0 aliphatic carbocycles. The standard InChI is InChI=1S/C51H94NO8P/c1-3-5-7-9-11-13-15-17-19-21-23-24-26-28-30-32-34-36-38-40-42-44-51(54)60-49(48-59-61(55,56)58-46-45-52)47-57-50(53)43-41-39-37-35-33-31-29-27-25-22-20-18-16-14-12-10-8-6-4-2/h19,21,24,26,30,32,36,38,49H,3-18,20,22-23,25,27-29,31,33-35,37,39-48,52H2,1-2H3,(H,55,56)/b21-19+,26-24+,32-30+,38-36+/t49-/m1/s1. The Kier molecular flexibility index (Phi) is 45.9. The number of hydrogen-bond acceptors (Lipinski definition) is 8. The topological polar surface area (TPSA) is 134 Å². The van der Waals surface area contributed by atoms with E-state index in [2.05, 4.69) is 56.4 Å². The van der Waals surface area contributed by atoms with Crippen LogP contribution in [0.15, 0.2) is 48.6 Å². The first-order chi connectivity index (χ1) is 29.8. The predicted octanol–water partition coefficient (Wildman–Crippen LogP) is 15.1. The summed E-state index contributed by atoms with van der Waals surface area (Å²) in [4.78, 5) is 35.0. The van der Waals surface area contributed by atoms with Crippen molar-refractivity contribution in [3.05, 3.63) is 48.6 Å². The summed E-state index contributed by atoms with van der Waals surface area (Å²) in [6, 6.07) is 0. The van der Waals surface area contributed by atoms with E-state index in [9.17, 15) is 19.0 Å². The van der Waals surface area contributed by atoms with Gasteiger partial charge in [0.1, 0.15) is 6.61 Å². The van der Waals surface area contributed by atoms with Gasteiger partial charge in [-0.1, -0.05) is 217 Å². The fourth-order valence-corrected chi connectivity index (χ4v) is 7.75. The van der Waals surface area contributed by atoms with E-state index in [-0.39, 0.29) is 32.6 Å². The molecule has 1 unspecified atom stereocenters. The van der Waals surface area contributed by atoms with Crippen molar-refractivity contribution < 1.29 is 37.6 Å². The Balaban J connectivity index is 4.15. The smallest absolute Gasteiger partial charge is 0.462 e. The van der Waals surface area contributed by atoms with E-state index >= 15 is 0 Å². The molecule has 9 nitrogen and oxygen atoms in total. The van der Waals surface area contributed by atoms with Gasteiger partial charge in [0.05, 0.1) is 13.2 Å². The molecule has 0 rings (SSSR count). The SMILES string of the molecule is CCCCCCCCC/C=C/C/C=C/C/C=C/C/C=C/CCCC(=O)O[C@H](COC(=O)CCCCCCCCCCCCCCCCCCCCC)COP(=O)(O)OCCN. The van der Waals surface area contributed by atoms with E-state index in [0.29, 0.717) is 12.8 Å². The highest BCUT2D eigenvalue weighted by atomic mass is 31.2. The Morgan fingerprint density at radius 3 is 1.31 bits per heavy atom. The van der Waals surface area contributed by atoms with Gasteiger partial charge in [0.25, 0.3) is 0 Å². The minimum atomic E-state index is -4.40. The normalized spacial score (nSPS) is 13.6. The highest BCUT2D eigenvalue weighted by Crippen LogP contribution is 2.43. The number of nitrogens with two attached hydrogens (primary N) is 1. The third kappa shape index (κ3) is 47.3. The van der Waals surface area contributed by atoms with E-state index in [1.54, 1.807) is 0 Å². The lowest BCUT2D eigenvalue weighted by Crippen LogP contribution is -2.29. The maximum Gasteiger partial charge on any atom is 0.472 e. The van der Waals surface area contributed by atoms with Gasteiger partial charge in [0.15, 0.2) is 6.10 Å². The maximum atomic E-state index is 12.6. The molecule has 0 spiro atoms. The van der Waals surface area contributed by atoms with E-state index < -0.39 is 32.5 Å². The molecule has 0 aromatic rings. The van der Waals surface area contributed by atoms with Crippen molar-refractivity contribution in [2.45, 2.75) is 238 Å². The molecular formula is C51H94NO8P. The molecule has 10 heteroatoms. The van der Waals surface area contributed by atoms with Crippen LogP contribution in [0.2, 0.25) is 0 Å². The molecule has 3 N–H and O–H groups in total. The predicted molar refractivity (Wildman–Crippen MR) is 257 cm³/mol. The molecule has 0 fully saturated rings. The number of phosphoric acid groups is 1. The van der Waals surface area contributed by atoms with Gasteiger partial charge in [-0.25, -0.2) is 4.57 Å². The van der Waals surface area contributed by atoms with Crippen molar-refractivity contribution in [1.82, 2.24) is 0 Å². The number of unbranched alkanes of at least 4 members (excludes halogenated alkanes) is 26. The van der Waals surface area contributed by atoms with Gasteiger partial charge < -0.3 is 20.1 Å². The zero-order valence-electron chi connectivity index (χ0n) is 39.4. The second-order valence-corrected chi connectivity index (χ2v) is 18.1. The van der Waals surface area contributed by atoms with Gasteiger partial charge in [-0.3, -0.25) is 18.6 Å². The quantitative estimate of drug-likeness (QED) is 0.0265. The molecule has 356 valence electrons. The zero-order valence-corrected chi connectivity index (χ0v) is 40.3. The zero-order chi connectivity index (χ0) is 44.6. The first kappa shape index (κ1) is 59.0. The van der Waals surface area contributed by atoms with Crippen molar-refractivity contribution in [2.24, 2.45) is 5.73 Å². The molecule has 61 heavy (non-hydrogen) atoms. The fourth-order valence-electron chi connectivity index (χ4n) is 6.98. The number of ether oxygens (including phenoxy) is 2. The largest absolute Gasteiger partial charge is 0.472 e. The van der Waals surface area contributed by atoms with E-state index in [4.69, 9.17) is 24.3 Å². The van der Waals surface area contributed by atoms with Gasteiger partial charge in [-0.2, -0.15) is 0 Å². The van der Waals surface area contributed by atoms with Crippen LogP contribution >= 0.6 is 7.82 Å². The fraction of sp³-hybridized carbons (Fsp3) is 0.804. The van der Waals surface area contributed by atoms with Crippen molar-refractivity contribution in [2.75, 3.05) is 26.4 Å². The molecule has 0 saturated carbocycles. The summed E-state index contributed by atoms with van der Waals surface area (Å²) < 4.78 is 32.8. The molecule has 0 aliphatic heterocycles. The van der Waals surface area contributed by atoms with Crippen molar-refractivity contribution in [1.29, 1.82) is 0 Å². The van der Waals surface area contributed by atoms with Gasteiger partial charge in [-0.05, 0) is 51.4 Å². The van der Waals surface area contributed by atoms with Crippen LogP contribution in [0.1, 0.15) is 232 Å². The van der Waals surface area contributed by atoms with Crippen molar-refractivity contribution in [3.63, 3.8) is 0 Å². The molecule has 0 radical (unpaired) electrons. The van der Waals surface area contributed by atoms with Gasteiger partial charge in [-0.15, -0.1) is 0 Å². The molecule has 0 aromatic heterocycles. The Bertz CT molecular complexity index is 1140. The second kappa shape index (κ2) is 47.4. The summed E-state index contributed by atoms with van der Waals surface area (Å²) in [6.45, 7) is 3.70. The number of allylic oxidation sites excluding steroid dienone is 8. The number of rotatable bonds is 47. The molecular weight excluding hydrogens is 786 g/mol. The lowest BCUT2D eigenvalue weighted by molar-refractivity contribution is -0.161. The van der Waals surface area contributed by atoms with Crippen LogP contribution in [-0.4, -0.2) is 49.3 Å². The average molecular weight is 880 g/mol. The minimum Gasteiger partial charge on any atom is -0.462 e. The van der Waals surface area contributed by atoms with Crippen LogP contribution in [0.4, 0.5) is 0 Å². The highest BCUT2D eigenvalue weighted by molar-refractivity contribution is 7.47. The first-order valence-electron chi connectivity index (χ1n) is 25.1. The molecule has 0 saturated heterocycles. The van der Waals surface area contributed by atoms with Crippen LogP contribution in [0.3, 0.4) is 0 Å². The Hall–Kier alpha value is -2.03. The van der Waals surface area contributed by atoms with Crippen LogP contribution in [0.25, 0.3) is 0 Å². The third-order valence-electron chi connectivity index (χ3n) is 10.7. The summed E-state index contributed by atoms with van der Waals surface area (Å²) in [5.74, 6) is -0.886. The third-order valence-corrected chi connectivity index (χ3v) is 11.7. The Morgan fingerprint density at radius 1 is 0.492 bits per heavy atom. The number of carbonyl (C=O) groups excluding carboxylic acids is 2. The van der Waals surface area contributed by atoms with E-state index in [1.807, 2.05) is 6.08 Å². The summed E-state index contributed by atoms with van der Waals surface area (Å²) in [5.41, 5.74) is 5.36. The molecule has 0 bridgehead atoms. The molecule has 0 aliphatic rings. The molecule has 0 heterocycles. The first-order valence-corrected chi connectivity index (χ1v) is 26.6.